The van der Waals surface area contributed by atoms with Crippen LogP contribution in [0.15, 0.2) is 35.5 Å². The maximum atomic E-state index is 13.1. The van der Waals surface area contributed by atoms with Gasteiger partial charge in [-0.1, -0.05) is 46.8 Å². The predicted octanol–water partition coefficient (Wildman–Crippen LogP) is 4.72. The summed E-state index contributed by atoms with van der Waals surface area (Å²) >= 11 is 1.60. The lowest BCUT2D eigenvalue weighted by Crippen LogP contribution is -2.30. The molecule has 164 valence electrons. The van der Waals surface area contributed by atoms with Crippen LogP contribution in [0.4, 0.5) is 0 Å². The first-order chi connectivity index (χ1) is 14.1. The lowest BCUT2D eigenvalue weighted by atomic mass is 9.95. The summed E-state index contributed by atoms with van der Waals surface area (Å²) in [6, 6.07) is 7.87. The van der Waals surface area contributed by atoms with E-state index in [1.54, 1.807) is 11.3 Å². The van der Waals surface area contributed by atoms with Crippen LogP contribution in [0.3, 0.4) is 0 Å². The highest BCUT2D eigenvalue weighted by atomic mass is 32.1. The Hall–Kier alpha value is -1.92. The average Bonchev–Trinajstić information content (AvgIpc) is 3.26. The number of likely N-dealkylation sites (N-methyl/N-ethyl adjacent to an activating group) is 1. The van der Waals surface area contributed by atoms with Gasteiger partial charge in [-0.3, -0.25) is 4.79 Å². The molecule has 2 heterocycles. The van der Waals surface area contributed by atoms with E-state index in [2.05, 4.69) is 62.3 Å². The van der Waals surface area contributed by atoms with Crippen molar-refractivity contribution in [1.82, 2.24) is 9.47 Å². The van der Waals surface area contributed by atoms with Crippen molar-refractivity contribution in [2.45, 2.75) is 65.5 Å². The molecule has 1 aliphatic rings. The van der Waals surface area contributed by atoms with Crippen LogP contribution in [0.2, 0.25) is 0 Å². The molecule has 0 aliphatic carbocycles. The SMILES string of the molecule is CC(C)Cn1cc(C(C)(C)C)s/c1=N\C(=O)c1ccccc1OC[C@@H]1CCCN1C. The molecule has 1 saturated heterocycles. The van der Waals surface area contributed by atoms with Gasteiger partial charge in [-0.25, -0.2) is 0 Å². The number of rotatable bonds is 6. The quantitative estimate of drug-likeness (QED) is 0.668. The van der Waals surface area contributed by atoms with Crippen molar-refractivity contribution >= 4 is 17.2 Å². The van der Waals surface area contributed by atoms with E-state index >= 15 is 0 Å². The van der Waals surface area contributed by atoms with E-state index < -0.39 is 0 Å². The van der Waals surface area contributed by atoms with Crippen molar-refractivity contribution in [1.29, 1.82) is 0 Å². The molecule has 0 N–H and O–H groups in total. The monoisotopic (exact) mass is 429 g/mol. The number of thiazole rings is 1. The van der Waals surface area contributed by atoms with Crippen LogP contribution in [0, 0.1) is 5.92 Å². The second-order valence-electron chi connectivity index (χ2n) is 9.67. The number of ether oxygens (including phenoxy) is 1. The molecule has 1 amide bonds. The number of likely N-dealkylation sites (tertiary alicyclic amines) is 1. The Morgan fingerprint density at radius 1 is 1.30 bits per heavy atom. The molecular formula is C24H35N3O2S. The third-order valence-corrected chi connectivity index (χ3v) is 6.88. The summed E-state index contributed by atoms with van der Waals surface area (Å²) < 4.78 is 8.19. The Labute approximate surface area is 184 Å². The molecule has 0 unspecified atom stereocenters. The maximum Gasteiger partial charge on any atom is 0.283 e. The summed E-state index contributed by atoms with van der Waals surface area (Å²) in [5, 5.41) is 0. The highest BCUT2D eigenvalue weighted by Crippen LogP contribution is 2.25. The smallest absolute Gasteiger partial charge is 0.283 e. The number of aromatic nitrogens is 1. The van der Waals surface area contributed by atoms with E-state index in [-0.39, 0.29) is 11.3 Å². The van der Waals surface area contributed by atoms with Gasteiger partial charge in [0.2, 0.25) is 0 Å². The summed E-state index contributed by atoms with van der Waals surface area (Å²) in [6.45, 7) is 13.5. The number of amides is 1. The fourth-order valence-electron chi connectivity index (χ4n) is 3.63. The average molecular weight is 430 g/mol. The molecule has 0 spiro atoms. The molecule has 1 atom stereocenters. The molecule has 0 radical (unpaired) electrons. The Bertz CT molecular complexity index is 936. The minimum atomic E-state index is -0.245. The van der Waals surface area contributed by atoms with Gasteiger partial charge >= 0.3 is 0 Å². The van der Waals surface area contributed by atoms with Crippen LogP contribution >= 0.6 is 11.3 Å². The minimum absolute atomic E-state index is 0.0224. The van der Waals surface area contributed by atoms with Crippen LogP contribution in [0.1, 0.15) is 62.7 Å². The molecule has 3 rings (SSSR count). The largest absolute Gasteiger partial charge is 0.491 e. The second-order valence-corrected chi connectivity index (χ2v) is 10.7. The van der Waals surface area contributed by atoms with Gasteiger partial charge < -0.3 is 14.2 Å². The van der Waals surface area contributed by atoms with Gasteiger partial charge in [0.15, 0.2) is 4.80 Å². The minimum Gasteiger partial charge on any atom is -0.491 e. The third-order valence-electron chi connectivity index (χ3n) is 5.44. The summed E-state index contributed by atoms with van der Waals surface area (Å²) in [7, 11) is 2.13. The van der Waals surface area contributed by atoms with Crippen molar-refractivity contribution in [3.63, 3.8) is 0 Å². The van der Waals surface area contributed by atoms with Crippen molar-refractivity contribution < 1.29 is 9.53 Å². The van der Waals surface area contributed by atoms with Gasteiger partial charge in [0.25, 0.3) is 5.91 Å². The van der Waals surface area contributed by atoms with Crippen LogP contribution in [0.5, 0.6) is 5.75 Å². The molecule has 0 saturated carbocycles. The van der Waals surface area contributed by atoms with Crippen LogP contribution in [-0.4, -0.2) is 41.6 Å². The molecule has 1 fully saturated rings. The number of carbonyl (C=O) groups is 1. The van der Waals surface area contributed by atoms with E-state index in [1.165, 1.54) is 11.3 Å². The van der Waals surface area contributed by atoms with Crippen molar-refractivity contribution in [2.24, 2.45) is 10.9 Å². The summed E-state index contributed by atoms with van der Waals surface area (Å²) in [5.41, 5.74) is 0.550. The van der Waals surface area contributed by atoms with E-state index in [0.29, 0.717) is 29.9 Å². The second kappa shape index (κ2) is 9.48. The predicted molar refractivity (Wildman–Crippen MR) is 123 cm³/mol. The number of nitrogens with zero attached hydrogens (tertiary/aromatic N) is 3. The Morgan fingerprint density at radius 3 is 2.67 bits per heavy atom. The lowest BCUT2D eigenvalue weighted by Gasteiger charge is -2.20. The molecular weight excluding hydrogens is 394 g/mol. The zero-order valence-corrected chi connectivity index (χ0v) is 20.0. The number of hydrogen-bond donors (Lipinski definition) is 0. The van der Waals surface area contributed by atoms with E-state index in [1.807, 2.05) is 24.3 Å². The van der Waals surface area contributed by atoms with Crippen LogP contribution < -0.4 is 9.54 Å². The fourth-order valence-corrected chi connectivity index (χ4v) is 4.69. The van der Waals surface area contributed by atoms with Gasteiger partial charge in [0.1, 0.15) is 12.4 Å². The van der Waals surface area contributed by atoms with Gasteiger partial charge in [-0.2, -0.15) is 4.99 Å². The molecule has 0 bridgehead atoms. The van der Waals surface area contributed by atoms with Gasteiger partial charge in [0.05, 0.1) is 5.56 Å². The third kappa shape index (κ3) is 5.61. The summed E-state index contributed by atoms with van der Waals surface area (Å²) in [5.74, 6) is 0.847. The number of benzene rings is 1. The zero-order valence-electron chi connectivity index (χ0n) is 19.1. The van der Waals surface area contributed by atoms with Gasteiger partial charge in [-0.05, 0) is 49.9 Å². The van der Waals surface area contributed by atoms with Gasteiger partial charge in [-0.15, -0.1) is 11.3 Å². The first-order valence-electron chi connectivity index (χ1n) is 10.9. The summed E-state index contributed by atoms with van der Waals surface area (Å²) in [4.78, 5) is 22.0. The van der Waals surface area contributed by atoms with Crippen LogP contribution in [-0.2, 0) is 12.0 Å². The molecule has 1 aromatic heterocycles. The number of carbonyl (C=O) groups excluding carboxylic acids is 1. The van der Waals surface area contributed by atoms with E-state index in [9.17, 15) is 4.79 Å². The van der Waals surface area contributed by atoms with E-state index in [4.69, 9.17) is 4.74 Å². The Balaban J connectivity index is 1.88. The first kappa shape index (κ1) is 22.8. The fraction of sp³-hybridized carbons (Fsp3) is 0.583. The molecule has 2 aromatic rings. The topological polar surface area (TPSA) is 46.8 Å². The Kier molecular flexibility index (Phi) is 7.19. The molecule has 1 aliphatic heterocycles. The normalized spacial score (nSPS) is 18.4. The van der Waals surface area contributed by atoms with Crippen molar-refractivity contribution in [2.75, 3.05) is 20.2 Å². The van der Waals surface area contributed by atoms with Crippen LogP contribution in [0.25, 0.3) is 0 Å². The summed E-state index contributed by atoms with van der Waals surface area (Å²) in [6.07, 6.45) is 4.48. The van der Waals surface area contributed by atoms with E-state index in [0.717, 1.165) is 24.3 Å². The first-order valence-corrected chi connectivity index (χ1v) is 11.7. The lowest BCUT2D eigenvalue weighted by molar-refractivity contribution is 0.0991. The zero-order chi connectivity index (χ0) is 21.9. The van der Waals surface area contributed by atoms with Gasteiger partial charge in [0, 0.05) is 23.7 Å². The molecule has 5 nitrogen and oxygen atoms in total. The van der Waals surface area contributed by atoms with Crippen molar-refractivity contribution in [3.05, 3.63) is 45.7 Å². The highest BCUT2D eigenvalue weighted by Gasteiger charge is 2.23. The van der Waals surface area contributed by atoms with Crippen molar-refractivity contribution in [3.8, 4) is 5.75 Å². The molecule has 30 heavy (non-hydrogen) atoms. The maximum absolute atomic E-state index is 13.1. The molecule has 6 heteroatoms. The number of hydrogen-bond acceptors (Lipinski definition) is 4. The molecule has 1 aromatic carbocycles. The number of para-hydroxylation sites is 1. The standard InChI is InChI=1S/C24H35N3O2S/c1-17(2)14-27-15-21(24(3,4)5)30-23(27)25-22(28)19-11-7-8-12-20(19)29-16-18-10-9-13-26(18)6/h7-8,11-12,15,17-18H,9-10,13-14,16H2,1-6H3/b25-23-/t18-/m0/s1. The Morgan fingerprint density at radius 2 is 2.03 bits per heavy atom. The highest BCUT2D eigenvalue weighted by molar-refractivity contribution is 7.09.